The second kappa shape index (κ2) is 7.92. The fourth-order valence-electron chi connectivity index (χ4n) is 3.41. The molecule has 0 saturated carbocycles. The summed E-state index contributed by atoms with van der Waals surface area (Å²) in [6.07, 6.45) is 3.67. The van der Waals surface area contributed by atoms with Crippen molar-refractivity contribution in [1.82, 2.24) is 4.90 Å². The van der Waals surface area contributed by atoms with Crippen molar-refractivity contribution >= 4 is 24.8 Å². The molecule has 2 saturated heterocycles. The summed E-state index contributed by atoms with van der Waals surface area (Å²) in [7, 11) is -0.351. The van der Waals surface area contributed by atoms with Crippen LogP contribution in [0.15, 0.2) is 29.8 Å². The van der Waals surface area contributed by atoms with Crippen LogP contribution in [0.5, 0.6) is 0 Å². The Balaban J connectivity index is 1.65. The molecule has 2 heterocycles. The zero-order valence-electron chi connectivity index (χ0n) is 18.0. The fourth-order valence-corrected chi connectivity index (χ4v) is 3.41. The van der Waals surface area contributed by atoms with E-state index in [1.165, 1.54) is 5.57 Å². The van der Waals surface area contributed by atoms with E-state index >= 15 is 0 Å². The van der Waals surface area contributed by atoms with Crippen molar-refractivity contribution in [2.75, 3.05) is 13.1 Å². The van der Waals surface area contributed by atoms with Gasteiger partial charge in [0, 0.05) is 13.1 Å². The highest BCUT2D eigenvalue weighted by molar-refractivity contribution is 6.62. The summed E-state index contributed by atoms with van der Waals surface area (Å²) < 4.78 is 17.6. The van der Waals surface area contributed by atoms with Gasteiger partial charge in [-0.3, -0.25) is 0 Å². The van der Waals surface area contributed by atoms with Crippen LogP contribution < -0.4 is 5.46 Å². The molecule has 0 spiro atoms. The number of nitrogens with zero attached hydrogens (tertiary/aromatic N) is 1. The summed E-state index contributed by atoms with van der Waals surface area (Å²) >= 11 is 0. The van der Waals surface area contributed by atoms with Crippen LogP contribution in [0.1, 0.15) is 59.9 Å². The Morgan fingerprint density at radius 1 is 1.14 bits per heavy atom. The van der Waals surface area contributed by atoms with E-state index in [9.17, 15) is 4.79 Å². The molecular weight excluding hydrogens is 353 g/mol. The Kier molecular flexibility index (Phi) is 5.92. The van der Waals surface area contributed by atoms with E-state index in [1.807, 2.05) is 19.9 Å². The van der Waals surface area contributed by atoms with Crippen LogP contribution in [0.2, 0.25) is 0 Å². The molecule has 0 N–H and O–H groups in total. The Morgan fingerprint density at radius 2 is 1.75 bits per heavy atom. The van der Waals surface area contributed by atoms with Crippen LogP contribution in [0.4, 0.5) is 4.79 Å². The third kappa shape index (κ3) is 4.61. The van der Waals surface area contributed by atoms with E-state index < -0.39 is 0 Å². The van der Waals surface area contributed by atoms with Crippen LogP contribution in [0.25, 0.3) is 6.08 Å². The molecule has 1 aromatic rings. The fraction of sp³-hybridized carbons (Fsp3) is 0.591. The van der Waals surface area contributed by atoms with Gasteiger partial charge in [0.1, 0.15) is 0 Å². The molecule has 0 unspecified atom stereocenters. The first kappa shape index (κ1) is 20.9. The van der Waals surface area contributed by atoms with E-state index in [1.54, 1.807) is 4.90 Å². The topological polar surface area (TPSA) is 48.0 Å². The maximum absolute atomic E-state index is 12.0. The molecule has 1 amide bonds. The molecular formula is C22H32BNO4. The number of benzene rings is 1. The Morgan fingerprint density at radius 3 is 2.32 bits per heavy atom. The van der Waals surface area contributed by atoms with Gasteiger partial charge in [-0.15, -0.1) is 0 Å². The van der Waals surface area contributed by atoms with Crippen LogP contribution in [-0.4, -0.2) is 48.5 Å². The minimum Gasteiger partial charge on any atom is -0.447 e. The van der Waals surface area contributed by atoms with Gasteiger partial charge in [-0.25, -0.2) is 4.79 Å². The average Bonchev–Trinajstić information content (AvgIpc) is 2.83. The highest BCUT2D eigenvalue weighted by Crippen LogP contribution is 2.36. The first-order valence-electron chi connectivity index (χ1n) is 10.2. The van der Waals surface area contributed by atoms with Gasteiger partial charge in [-0.1, -0.05) is 35.9 Å². The van der Waals surface area contributed by atoms with Crippen molar-refractivity contribution < 1.29 is 18.8 Å². The van der Waals surface area contributed by atoms with Gasteiger partial charge in [-0.2, -0.15) is 0 Å². The highest BCUT2D eigenvalue weighted by Gasteiger charge is 2.51. The number of rotatable bonds is 3. The lowest BCUT2D eigenvalue weighted by atomic mass is 9.78. The van der Waals surface area contributed by atoms with Crippen LogP contribution in [0, 0.1) is 0 Å². The molecule has 0 bridgehead atoms. The minimum absolute atomic E-state index is 0.0813. The molecule has 1 aromatic carbocycles. The van der Waals surface area contributed by atoms with Crippen LogP contribution in [-0.2, 0) is 14.0 Å². The molecule has 3 rings (SSSR count). The molecule has 0 aliphatic carbocycles. The second-order valence-electron chi connectivity index (χ2n) is 8.98. The zero-order valence-corrected chi connectivity index (χ0v) is 18.0. The molecule has 0 aromatic heterocycles. The van der Waals surface area contributed by atoms with Crippen LogP contribution in [0.3, 0.4) is 0 Å². The van der Waals surface area contributed by atoms with Crippen molar-refractivity contribution in [3.05, 3.63) is 35.4 Å². The van der Waals surface area contributed by atoms with Crippen molar-refractivity contribution in [1.29, 1.82) is 0 Å². The number of hydrogen-bond acceptors (Lipinski definition) is 4. The summed E-state index contributed by atoms with van der Waals surface area (Å²) in [5.74, 6) is 0. The smallest absolute Gasteiger partial charge is 0.447 e. The lowest BCUT2D eigenvalue weighted by Gasteiger charge is -2.32. The van der Waals surface area contributed by atoms with E-state index in [0.29, 0.717) is 13.1 Å². The Labute approximate surface area is 169 Å². The third-order valence-electron chi connectivity index (χ3n) is 5.81. The SMILES string of the molecule is CC(C)OC(=O)N1CCC(=Cc2cccc(B3OC(C)(C)C(C)(C)O3)c2)CC1. The standard InChI is InChI=1S/C22H32BNO4/c1-16(2)26-20(25)24-12-10-17(11-13-24)14-18-8-7-9-19(15-18)23-27-21(3,4)22(5,6)28-23/h7-9,14-16H,10-13H2,1-6H3. The molecule has 152 valence electrons. The summed E-state index contributed by atoms with van der Waals surface area (Å²) in [6, 6.07) is 8.33. The van der Waals surface area contributed by atoms with Gasteiger partial charge in [0.05, 0.1) is 17.3 Å². The monoisotopic (exact) mass is 385 g/mol. The normalized spacial score (nSPS) is 21.2. The first-order chi connectivity index (χ1) is 13.1. The number of likely N-dealkylation sites (tertiary alicyclic amines) is 1. The predicted octanol–water partition coefficient (Wildman–Crippen LogP) is 4.01. The average molecular weight is 385 g/mol. The van der Waals surface area contributed by atoms with Crippen LogP contribution >= 0.6 is 0 Å². The van der Waals surface area contributed by atoms with Gasteiger partial charge < -0.3 is 18.9 Å². The first-order valence-corrected chi connectivity index (χ1v) is 10.2. The predicted molar refractivity (Wildman–Crippen MR) is 113 cm³/mol. The molecule has 5 nitrogen and oxygen atoms in total. The maximum Gasteiger partial charge on any atom is 0.494 e. The number of amides is 1. The van der Waals surface area contributed by atoms with Crippen molar-refractivity contribution in [2.24, 2.45) is 0 Å². The van der Waals surface area contributed by atoms with Gasteiger partial charge >= 0.3 is 13.2 Å². The molecule has 6 heteroatoms. The Bertz CT molecular complexity index is 731. The summed E-state index contributed by atoms with van der Waals surface area (Å²) in [5, 5.41) is 0. The number of ether oxygens (including phenoxy) is 1. The van der Waals surface area contributed by atoms with E-state index in [0.717, 1.165) is 23.9 Å². The van der Waals surface area contributed by atoms with Crippen molar-refractivity contribution in [3.8, 4) is 0 Å². The minimum atomic E-state index is -0.351. The largest absolute Gasteiger partial charge is 0.494 e. The van der Waals surface area contributed by atoms with Gasteiger partial charge in [0.15, 0.2) is 0 Å². The molecule has 28 heavy (non-hydrogen) atoms. The number of piperidine rings is 1. The number of hydrogen-bond donors (Lipinski definition) is 0. The molecule has 0 radical (unpaired) electrons. The summed E-state index contributed by atoms with van der Waals surface area (Å²) in [5.41, 5.74) is 2.83. The lowest BCUT2D eigenvalue weighted by molar-refractivity contribution is 0.00578. The number of carbonyl (C=O) groups is 1. The number of carbonyl (C=O) groups excluding carboxylic acids is 1. The molecule has 2 aliphatic heterocycles. The summed E-state index contributed by atoms with van der Waals surface area (Å²) in [4.78, 5) is 13.8. The maximum atomic E-state index is 12.0. The zero-order chi connectivity index (χ0) is 20.5. The lowest BCUT2D eigenvalue weighted by Crippen LogP contribution is -2.41. The van der Waals surface area contributed by atoms with E-state index in [2.05, 4.69) is 52.0 Å². The molecule has 0 atom stereocenters. The second-order valence-corrected chi connectivity index (χ2v) is 8.98. The highest BCUT2D eigenvalue weighted by atomic mass is 16.7. The van der Waals surface area contributed by atoms with E-state index in [4.69, 9.17) is 14.0 Å². The third-order valence-corrected chi connectivity index (χ3v) is 5.81. The quantitative estimate of drug-likeness (QED) is 0.738. The van der Waals surface area contributed by atoms with Crippen molar-refractivity contribution in [3.63, 3.8) is 0 Å². The van der Waals surface area contributed by atoms with Crippen molar-refractivity contribution in [2.45, 2.75) is 71.7 Å². The van der Waals surface area contributed by atoms with E-state index in [-0.39, 0.29) is 30.5 Å². The van der Waals surface area contributed by atoms with Gasteiger partial charge in [0.2, 0.25) is 0 Å². The van der Waals surface area contributed by atoms with Gasteiger partial charge in [0.25, 0.3) is 0 Å². The van der Waals surface area contributed by atoms with Gasteiger partial charge in [-0.05, 0) is 65.4 Å². The summed E-state index contributed by atoms with van der Waals surface area (Å²) in [6.45, 7) is 13.4. The molecule has 2 fully saturated rings. The Hall–Kier alpha value is -1.79. The molecule has 2 aliphatic rings.